The summed E-state index contributed by atoms with van der Waals surface area (Å²) < 4.78 is 2.04. The summed E-state index contributed by atoms with van der Waals surface area (Å²) in [4.78, 5) is 0. The molecule has 114 valence electrons. The van der Waals surface area contributed by atoms with Crippen LogP contribution in [0.5, 0.6) is 0 Å². The molecule has 2 rings (SSSR count). The highest BCUT2D eigenvalue weighted by Crippen LogP contribution is 2.38. The van der Waals surface area contributed by atoms with Gasteiger partial charge in [-0.1, -0.05) is 26.7 Å². The largest absolute Gasteiger partial charge is 0.310 e. The zero-order valence-corrected chi connectivity index (χ0v) is 13.9. The predicted octanol–water partition coefficient (Wildman–Crippen LogP) is 3.90. The van der Waals surface area contributed by atoms with Gasteiger partial charge < -0.3 is 5.32 Å². The highest BCUT2D eigenvalue weighted by atomic mass is 15.3. The molecule has 0 radical (unpaired) electrons. The lowest BCUT2D eigenvalue weighted by Crippen LogP contribution is -2.32. The molecule has 20 heavy (non-hydrogen) atoms. The molecule has 0 spiro atoms. The van der Waals surface area contributed by atoms with Gasteiger partial charge in [0.25, 0.3) is 0 Å². The predicted molar refractivity (Wildman–Crippen MR) is 84.8 cm³/mol. The zero-order valence-electron chi connectivity index (χ0n) is 13.9. The summed E-state index contributed by atoms with van der Waals surface area (Å²) in [7, 11) is 2.06. The Morgan fingerprint density at radius 1 is 1.25 bits per heavy atom. The molecule has 1 aromatic rings. The van der Waals surface area contributed by atoms with Crippen molar-refractivity contribution in [2.24, 2.45) is 18.9 Å². The van der Waals surface area contributed by atoms with E-state index in [9.17, 15) is 0 Å². The Bertz CT molecular complexity index is 428. The van der Waals surface area contributed by atoms with Gasteiger partial charge in [0.2, 0.25) is 0 Å². The third kappa shape index (κ3) is 3.25. The quantitative estimate of drug-likeness (QED) is 0.884. The average Bonchev–Trinajstić information content (AvgIpc) is 2.67. The average molecular weight is 277 g/mol. The van der Waals surface area contributed by atoms with Crippen molar-refractivity contribution in [3.63, 3.8) is 0 Å². The molecule has 0 saturated heterocycles. The van der Waals surface area contributed by atoms with Gasteiger partial charge in [-0.2, -0.15) is 5.10 Å². The van der Waals surface area contributed by atoms with Crippen LogP contribution in [-0.4, -0.2) is 16.3 Å². The first kappa shape index (κ1) is 15.6. The van der Waals surface area contributed by atoms with Crippen molar-refractivity contribution in [1.29, 1.82) is 0 Å². The lowest BCUT2D eigenvalue weighted by Gasteiger charge is -2.34. The van der Waals surface area contributed by atoms with Crippen LogP contribution in [0.4, 0.5) is 0 Å². The molecule has 1 fully saturated rings. The van der Waals surface area contributed by atoms with Crippen LogP contribution in [0.15, 0.2) is 0 Å². The van der Waals surface area contributed by atoms with Crippen LogP contribution in [0, 0.1) is 25.7 Å². The lowest BCUT2D eigenvalue weighted by molar-refractivity contribution is 0.230. The minimum atomic E-state index is 0.496. The Hall–Kier alpha value is -0.830. The number of rotatable bonds is 5. The van der Waals surface area contributed by atoms with E-state index in [2.05, 4.69) is 45.2 Å². The van der Waals surface area contributed by atoms with Gasteiger partial charge in [0.15, 0.2) is 0 Å². The molecule has 1 saturated carbocycles. The molecule has 1 aromatic heterocycles. The van der Waals surface area contributed by atoms with E-state index in [1.165, 1.54) is 49.1 Å². The van der Waals surface area contributed by atoms with Gasteiger partial charge in [-0.25, -0.2) is 0 Å². The summed E-state index contributed by atoms with van der Waals surface area (Å²) >= 11 is 0. The van der Waals surface area contributed by atoms with Crippen molar-refractivity contribution < 1.29 is 0 Å². The van der Waals surface area contributed by atoms with Crippen LogP contribution in [-0.2, 0) is 7.05 Å². The van der Waals surface area contributed by atoms with E-state index >= 15 is 0 Å². The fraction of sp³-hybridized carbons (Fsp3) is 0.824. The van der Waals surface area contributed by atoms with E-state index in [1.54, 1.807) is 0 Å². The van der Waals surface area contributed by atoms with Gasteiger partial charge in [0.1, 0.15) is 0 Å². The number of aromatic nitrogens is 2. The second-order valence-electron chi connectivity index (χ2n) is 6.66. The number of hydrogen-bond donors (Lipinski definition) is 1. The van der Waals surface area contributed by atoms with E-state index in [-0.39, 0.29) is 0 Å². The first-order chi connectivity index (χ1) is 9.54. The number of nitrogens with zero attached hydrogens (tertiary/aromatic N) is 2. The van der Waals surface area contributed by atoms with Crippen molar-refractivity contribution in [2.75, 3.05) is 6.54 Å². The third-order valence-electron chi connectivity index (χ3n) is 5.02. The molecule has 0 bridgehead atoms. The summed E-state index contributed by atoms with van der Waals surface area (Å²) in [6, 6.07) is 0.496. The smallest absolute Gasteiger partial charge is 0.0644 e. The summed E-state index contributed by atoms with van der Waals surface area (Å²) in [6.45, 7) is 10.1. The van der Waals surface area contributed by atoms with Gasteiger partial charge >= 0.3 is 0 Å². The maximum absolute atomic E-state index is 4.63. The van der Waals surface area contributed by atoms with Crippen LogP contribution in [0.2, 0.25) is 0 Å². The van der Waals surface area contributed by atoms with Crippen LogP contribution in [0.3, 0.4) is 0 Å². The van der Waals surface area contributed by atoms with Crippen molar-refractivity contribution in [1.82, 2.24) is 15.1 Å². The molecule has 0 aliphatic heterocycles. The molecule has 1 heterocycles. The Morgan fingerprint density at radius 3 is 2.40 bits per heavy atom. The van der Waals surface area contributed by atoms with Gasteiger partial charge in [-0.05, 0) is 51.5 Å². The van der Waals surface area contributed by atoms with Crippen molar-refractivity contribution in [3.8, 4) is 0 Å². The van der Waals surface area contributed by atoms with E-state index in [4.69, 9.17) is 0 Å². The van der Waals surface area contributed by atoms with E-state index in [0.29, 0.717) is 6.04 Å². The molecule has 1 N–H and O–H groups in total. The first-order valence-electron chi connectivity index (χ1n) is 8.28. The summed E-state index contributed by atoms with van der Waals surface area (Å²) in [6.07, 6.45) is 6.67. The Kier molecular flexibility index (Phi) is 5.25. The Morgan fingerprint density at radius 2 is 1.90 bits per heavy atom. The third-order valence-corrected chi connectivity index (χ3v) is 5.02. The van der Waals surface area contributed by atoms with Crippen LogP contribution in [0.25, 0.3) is 0 Å². The van der Waals surface area contributed by atoms with E-state index in [0.717, 1.165) is 18.4 Å². The second-order valence-corrected chi connectivity index (χ2v) is 6.66. The molecule has 1 unspecified atom stereocenters. The molecule has 1 atom stereocenters. The SMILES string of the molecule is CCCNC(c1c(C)nn(C)c1C)C1CCC(C)CC1. The monoisotopic (exact) mass is 277 g/mol. The molecule has 0 aromatic carbocycles. The fourth-order valence-corrected chi connectivity index (χ4v) is 3.66. The van der Waals surface area contributed by atoms with Crippen LogP contribution in [0.1, 0.15) is 68.9 Å². The molecular weight excluding hydrogens is 246 g/mol. The number of aryl methyl sites for hydroxylation is 2. The minimum absolute atomic E-state index is 0.496. The summed E-state index contributed by atoms with van der Waals surface area (Å²) in [5.74, 6) is 1.69. The normalized spacial score (nSPS) is 24.9. The Balaban J connectivity index is 2.22. The van der Waals surface area contributed by atoms with E-state index in [1.807, 2.05) is 4.68 Å². The van der Waals surface area contributed by atoms with Gasteiger partial charge in [0, 0.05) is 24.3 Å². The van der Waals surface area contributed by atoms with Gasteiger partial charge in [0.05, 0.1) is 5.69 Å². The molecule has 3 heteroatoms. The molecule has 1 aliphatic carbocycles. The topological polar surface area (TPSA) is 29.9 Å². The van der Waals surface area contributed by atoms with Gasteiger partial charge in [-0.15, -0.1) is 0 Å². The molecule has 1 aliphatic rings. The summed E-state index contributed by atoms with van der Waals surface area (Å²) in [5, 5.41) is 8.44. The van der Waals surface area contributed by atoms with Crippen LogP contribution >= 0.6 is 0 Å². The fourth-order valence-electron chi connectivity index (χ4n) is 3.66. The number of hydrogen-bond acceptors (Lipinski definition) is 2. The van der Waals surface area contributed by atoms with Crippen molar-refractivity contribution in [3.05, 3.63) is 17.0 Å². The molecule has 3 nitrogen and oxygen atoms in total. The summed E-state index contributed by atoms with van der Waals surface area (Å²) in [5.41, 5.74) is 3.99. The zero-order chi connectivity index (χ0) is 14.7. The van der Waals surface area contributed by atoms with Crippen LogP contribution < -0.4 is 5.32 Å². The standard InChI is InChI=1S/C17H31N3/c1-6-11-18-17(15-9-7-12(2)8-10-15)16-13(3)19-20(5)14(16)4/h12,15,17-18H,6-11H2,1-5H3. The maximum atomic E-state index is 4.63. The second kappa shape index (κ2) is 6.75. The van der Waals surface area contributed by atoms with Gasteiger partial charge in [-0.3, -0.25) is 4.68 Å². The highest BCUT2D eigenvalue weighted by Gasteiger charge is 2.30. The molecular formula is C17H31N3. The van der Waals surface area contributed by atoms with E-state index < -0.39 is 0 Å². The highest BCUT2D eigenvalue weighted by molar-refractivity contribution is 5.29. The first-order valence-corrected chi connectivity index (χ1v) is 8.28. The number of nitrogens with one attached hydrogen (secondary N) is 1. The van der Waals surface area contributed by atoms with Crippen molar-refractivity contribution in [2.45, 2.75) is 65.8 Å². The minimum Gasteiger partial charge on any atom is -0.310 e. The Labute approximate surface area is 124 Å². The van der Waals surface area contributed by atoms with Crippen molar-refractivity contribution >= 4 is 0 Å². The molecule has 0 amide bonds. The maximum Gasteiger partial charge on any atom is 0.0644 e. The lowest BCUT2D eigenvalue weighted by atomic mass is 9.77.